The molecule has 0 atom stereocenters. The predicted octanol–water partition coefficient (Wildman–Crippen LogP) is 4.15. The van der Waals surface area contributed by atoms with Crippen LogP contribution in [0.1, 0.15) is 23.6 Å². The van der Waals surface area contributed by atoms with Gasteiger partial charge in [0.15, 0.2) is 5.84 Å². The fourth-order valence-electron chi connectivity index (χ4n) is 3.11. The number of amidine groups is 1. The number of aliphatic imine (C=N–C) groups is 1. The molecule has 4 nitrogen and oxygen atoms in total. The van der Waals surface area contributed by atoms with Crippen LogP contribution in [-0.4, -0.2) is 30.3 Å². The van der Waals surface area contributed by atoms with Crippen molar-refractivity contribution < 1.29 is 13.2 Å². The second kappa shape index (κ2) is 6.09. The minimum Gasteiger partial charge on any atom is -0.320 e. The highest BCUT2D eigenvalue weighted by Gasteiger charge is 2.33. The molecule has 0 amide bonds. The Morgan fingerprint density at radius 1 is 1.00 bits per heavy atom. The van der Waals surface area contributed by atoms with Crippen LogP contribution in [0.4, 0.5) is 18.9 Å². The van der Waals surface area contributed by atoms with Crippen molar-refractivity contribution in [2.45, 2.75) is 13.1 Å². The summed E-state index contributed by atoms with van der Waals surface area (Å²) in [6.07, 6.45) is -4.42. The minimum absolute atomic E-state index is 0.261. The summed E-state index contributed by atoms with van der Waals surface area (Å²) in [5.41, 5.74) is 2.51. The van der Waals surface area contributed by atoms with Gasteiger partial charge in [-0.05, 0) is 25.1 Å². The van der Waals surface area contributed by atoms with E-state index in [-0.39, 0.29) is 6.54 Å². The van der Waals surface area contributed by atoms with Crippen molar-refractivity contribution in [3.63, 3.8) is 0 Å². The molecule has 0 bridgehead atoms. The normalized spacial score (nSPS) is 16.8. The molecule has 4 rings (SSSR count). The maximum atomic E-state index is 13.3. The van der Waals surface area contributed by atoms with Gasteiger partial charge in [0.05, 0.1) is 35.8 Å². The molecule has 0 radical (unpaired) electrons. The lowest BCUT2D eigenvalue weighted by Gasteiger charge is -2.27. The van der Waals surface area contributed by atoms with Crippen LogP contribution in [0.25, 0.3) is 0 Å². The third-order valence-electron chi connectivity index (χ3n) is 4.33. The van der Waals surface area contributed by atoms with Crippen LogP contribution in [0.2, 0.25) is 0 Å². The average Bonchev–Trinajstić information content (AvgIpc) is 2.78. The number of fused-ring (bicyclic) bond motifs is 3. The molecule has 26 heavy (non-hydrogen) atoms. The van der Waals surface area contributed by atoms with Crippen molar-refractivity contribution in [1.82, 2.24) is 0 Å². The molecule has 132 valence electrons. The lowest BCUT2D eigenvalue weighted by atomic mass is 9.97. The Bertz CT molecular complexity index is 943. The predicted molar refractivity (Wildman–Crippen MR) is 96.3 cm³/mol. The van der Waals surface area contributed by atoms with E-state index in [0.29, 0.717) is 29.3 Å². The van der Waals surface area contributed by atoms with E-state index >= 15 is 0 Å². The molecule has 0 saturated heterocycles. The molecule has 2 heterocycles. The number of hydrogen-bond donors (Lipinski definition) is 0. The highest BCUT2D eigenvalue weighted by Crippen LogP contribution is 2.35. The zero-order chi connectivity index (χ0) is 18.3. The van der Waals surface area contributed by atoms with Crippen LogP contribution < -0.4 is 4.90 Å². The zero-order valence-electron chi connectivity index (χ0n) is 14.0. The van der Waals surface area contributed by atoms with E-state index in [1.54, 1.807) is 0 Å². The van der Waals surface area contributed by atoms with Crippen LogP contribution in [-0.2, 0) is 6.18 Å². The minimum atomic E-state index is -4.42. The number of halogens is 3. The van der Waals surface area contributed by atoms with Crippen LogP contribution in [0.15, 0.2) is 63.7 Å². The molecule has 2 aliphatic rings. The summed E-state index contributed by atoms with van der Waals surface area (Å²) in [4.78, 5) is 6.46. The Labute approximate surface area is 148 Å². The molecule has 0 saturated carbocycles. The van der Waals surface area contributed by atoms with Crippen molar-refractivity contribution in [2.75, 3.05) is 18.0 Å². The third kappa shape index (κ3) is 2.89. The lowest BCUT2D eigenvalue weighted by molar-refractivity contribution is -0.137. The Morgan fingerprint density at radius 2 is 1.77 bits per heavy atom. The van der Waals surface area contributed by atoms with Gasteiger partial charge in [0, 0.05) is 11.1 Å². The highest BCUT2D eigenvalue weighted by molar-refractivity contribution is 6.21. The SMILES string of the molecule is CC1=NN=C2CN=C(c3ccccc3)c3cc(C(F)(F)F)ccc3N2C1. The van der Waals surface area contributed by atoms with E-state index in [1.807, 2.05) is 42.2 Å². The fourth-order valence-corrected chi connectivity index (χ4v) is 3.11. The molecular weight excluding hydrogens is 341 g/mol. The lowest BCUT2D eigenvalue weighted by Crippen LogP contribution is -2.38. The van der Waals surface area contributed by atoms with Crippen LogP contribution in [0, 0.1) is 0 Å². The van der Waals surface area contributed by atoms with Crippen LogP contribution >= 0.6 is 0 Å². The molecule has 2 aliphatic heterocycles. The van der Waals surface area contributed by atoms with Crippen molar-refractivity contribution in [3.8, 4) is 0 Å². The maximum Gasteiger partial charge on any atom is 0.416 e. The summed E-state index contributed by atoms with van der Waals surface area (Å²) in [7, 11) is 0. The van der Waals surface area contributed by atoms with Gasteiger partial charge in [-0.1, -0.05) is 30.3 Å². The van der Waals surface area contributed by atoms with E-state index in [1.165, 1.54) is 12.1 Å². The first kappa shape index (κ1) is 16.5. The average molecular weight is 356 g/mol. The number of hydrogen-bond acceptors (Lipinski definition) is 4. The summed E-state index contributed by atoms with van der Waals surface area (Å²) in [6.45, 7) is 2.58. The number of rotatable bonds is 1. The van der Waals surface area contributed by atoms with E-state index in [9.17, 15) is 13.2 Å². The smallest absolute Gasteiger partial charge is 0.320 e. The quantitative estimate of drug-likeness (QED) is 0.757. The van der Waals surface area contributed by atoms with E-state index in [4.69, 9.17) is 0 Å². The van der Waals surface area contributed by atoms with Gasteiger partial charge >= 0.3 is 6.18 Å². The topological polar surface area (TPSA) is 40.3 Å². The molecular formula is C19H15F3N4. The molecule has 2 aromatic rings. The van der Waals surface area contributed by atoms with E-state index < -0.39 is 11.7 Å². The van der Waals surface area contributed by atoms with Crippen LogP contribution in [0.3, 0.4) is 0 Å². The second-order valence-corrected chi connectivity index (χ2v) is 6.20. The Hall–Kier alpha value is -2.96. The van der Waals surface area contributed by atoms with Crippen molar-refractivity contribution in [2.24, 2.45) is 15.2 Å². The number of nitrogens with zero attached hydrogens (tertiary/aromatic N) is 4. The standard InChI is InChI=1S/C19H15F3N4/c1-12-11-26-16-8-7-14(19(20,21)22)9-15(16)18(13-5-3-2-4-6-13)23-10-17(26)25-24-12/h2-9H,10-11H2,1H3. The van der Waals surface area contributed by atoms with Crippen molar-refractivity contribution in [3.05, 3.63) is 65.2 Å². The molecule has 0 aliphatic carbocycles. The van der Waals surface area contributed by atoms with Gasteiger partial charge in [0.2, 0.25) is 0 Å². The fraction of sp³-hybridized carbons (Fsp3) is 0.211. The van der Waals surface area contributed by atoms with Gasteiger partial charge in [-0.3, -0.25) is 4.99 Å². The summed E-state index contributed by atoms with van der Waals surface area (Å²) in [6, 6.07) is 13.0. The Morgan fingerprint density at radius 3 is 2.50 bits per heavy atom. The van der Waals surface area contributed by atoms with Gasteiger partial charge in [-0.2, -0.15) is 18.3 Å². The number of alkyl halides is 3. The summed E-state index contributed by atoms with van der Waals surface area (Å²) >= 11 is 0. The summed E-state index contributed by atoms with van der Waals surface area (Å²) < 4.78 is 39.9. The van der Waals surface area contributed by atoms with Gasteiger partial charge < -0.3 is 4.90 Å². The Balaban J connectivity index is 1.93. The molecule has 0 N–H and O–H groups in total. The van der Waals surface area contributed by atoms with Crippen LogP contribution in [0.5, 0.6) is 0 Å². The maximum absolute atomic E-state index is 13.3. The first-order chi connectivity index (χ1) is 12.4. The molecule has 2 aromatic carbocycles. The van der Waals surface area contributed by atoms with E-state index in [0.717, 1.165) is 17.3 Å². The van der Waals surface area contributed by atoms with Gasteiger partial charge in [-0.25, -0.2) is 0 Å². The highest BCUT2D eigenvalue weighted by atomic mass is 19.4. The van der Waals surface area contributed by atoms with Gasteiger partial charge in [-0.15, -0.1) is 5.10 Å². The zero-order valence-corrected chi connectivity index (χ0v) is 14.0. The number of anilines is 1. The van der Waals surface area contributed by atoms with Gasteiger partial charge in [0.25, 0.3) is 0 Å². The summed E-state index contributed by atoms with van der Waals surface area (Å²) in [5.74, 6) is 0.627. The first-order valence-electron chi connectivity index (χ1n) is 8.12. The monoisotopic (exact) mass is 356 g/mol. The molecule has 0 fully saturated rings. The van der Waals surface area contributed by atoms with Crippen molar-refractivity contribution in [1.29, 1.82) is 0 Å². The Kier molecular flexibility index (Phi) is 3.86. The van der Waals surface area contributed by atoms with Gasteiger partial charge in [0.1, 0.15) is 0 Å². The van der Waals surface area contributed by atoms with E-state index in [2.05, 4.69) is 15.2 Å². The third-order valence-corrected chi connectivity index (χ3v) is 4.33. The molecule has 0 spiro atoms. The molecule has 7 heteroatoms. The largest absolute Gasteiger partial charge is 0.416 e. The number of benzene rings is 2. The summed E-state index contributed by atoms with van der Waals surface area (Å²) in [5, 5.41) is 8.29. The second-order valence-electron chi connectivity index (χ2n) is 6.20. The molecule has 0 aromatic heterocycles. The first-order valence-corrected chi connectivity index (χ1v) is 8.12. The van der Waals surface area contributed by atoms with Crippen molar-refractivity contribution >= 4 is 22.9 Å². The molecule has 0 unspecified atom stereocenters.